The molecule has 0 radical (unpaired) electrons. The molecule has 0 unspecified atom stereocenters. The highest BCUT2D eigenvalue weighted by Crippen LogP contribution is 2.40. The van der Waals surface area contributed by atoms with Gasteiger partial charge >= 0.3 is 0 Å². The number of benzene rings is 1. The van der Waals surface area contributed by atoms with E-state index in [1.165, 1.54) is 28.6 Å². The van der Waals surface area contributed by atoms with Crippen LogP contribution in [0.3, 0.4) is 0 Å². The first-order valence-electron chi connectivity index (χ1n) is 9.69. The molecule has 1 aromatic carbocycles. The van der Waals surface area contributed by atoms with Gasteiger partial charge in [0, 0.05) is 30.9 Å². The van der Waals surface area contributed by atoms with Gasteiger partial charge in [0.2, 0.25) is 0 Å². The Morgan fingerprint density at radius 1 is 1.19 bits per heavy atom. The maximum absolute atomic E-state index is 12.7. The molecule has 1 saturated heterocycles. The van der Waals surface area contributed by atoms with Crippen molar-refractivity contribution >= 4 is 40.2 Å². The first kappa shape index (κ1) is 19.7. The van der Waals surface area contributed by atoms with Crippen molar-refractivity contribution in [2.45, 2.75) is 47.1 Å². The number of fused-ring (bicyclic) bond motifs is 1. The molecule has 0 aliphatic carbocycles. The Morgan fingerprint density at radius 2 is 1.93 bits per heavy atom. The summed E-state index contributed by atoms with van der Waals surface area (Å²) in [5.74, 6) is 0.0519. The highest BCUT2D eigenvalue weighted by molar-refractivity contribution is 8.18. The minimum absolute atomic E-state index is 0.0101. The summed E-state index contributed by atoms with van der Waals surface area (Å²) in [5.41, 5.74) is 4.86. The monoisotopic (exact) mass is 383 g/mol. The summed E-state index contributed by atoms with van der Waals surface area (Å²) in [6.07, 6.45) is 4.33. The Balaban J connectivity index is 1.99. The molecule has 1 aromatic rings. The molecule has 3 rings (SSSR count). The molecule has 1 fully saturated rings. The number of hydrogen-bond acceptors (Lipinski definition) is 4. The predicted octanol–water partition coefficient (Wildman–Crippen LogP) is 5.02. The minimum Gasteiger partial charge on any atom is -0.363 e. The largest absolute Gasteiger partial charge is 0.363 e. The van der Waals surface area contributed by atoms with E-state index < -0.39 is 0 Å². The number of hydrogen-bond donors (Lipinski definition) is 0. The quantitative estimate of drug-likeness (QED) is 0.685. The van der Waals surface area contributed by atoms with Gasteiger partial charge in [0.1, 0.15) is 0 Å². The maximum Gasteiger partial charge on any atom is 0.266 e. The maximum atomic E-state index is 12.7. The van der Waals surface area contributed by atoms with Crippen LogP contribution in [0, 0.1) is 0 Å². The fourth-order valence-electron chi connectivity index (χ4n) is 3.96. The van der Waals surface area contributed by atoms with Crippen LogP contribution < -0.4 is 4.90 Å². The standard InChI is InChI=1S/C22H29N3OS/c1-7-23-21-24(8-2)20(26)19(27-21)13-16-10-11-18-17(12-16)15(4)14-22(5,6)25(18)9-3/h10-14H,7-9H2,1-6H3/b19-13-,23-21?. The molecule has 27 heavy (non-hydrogen) atoms. The summed E-state index contributed by atoms with van der Waals surface area (Å²) in [7, 11) is 0. The topological polar surface area (TPSA) is 35.9 Å². The summed E-state index contributed by atoms with van der Waals surface area (Å²) >= 11 is 1.48. The number of thioether (sulfide) groups is 1. The summed E-state index contributed by atoms with van der Waals surface area (Å²) in [6, 6.07) is 6.50. The highest BCUT2D eigenvalue weighted by Gasteiger charge is 2.33. The third kappa shape index (κ3) is 3.57. The number of nitrogens with zero attached hydrogens (tertiary/aromatic N) is 3. The van der Waals surface area contributed by atoms with Gasteiger partial charge in [-0.25, -0.2) is 0 Å². The van der Waals surface area contributed by atoms with E-state index in [4.69, 9.17) is 0 Å². The SMILES string of the molecule is CCN=C1S/C(=C\c2ccc3c(c2)C(C)=CC(C)(C)N3CC)C(=O)N1CC. The lowest BCUT2D eigenvalue weighted by Gasteiger charge is -2.42. The first-order chi connectivity index (χ1) is 12.8. The van der Waals surface area contributed by atoms with Crippen molar-refractivity contribution < 1.29 is 4.79 Å². The fourth-order valence-corrected chi connectivity index (χ4v) is 5.06. The van der Waals surface area contributed by atoms with E-state index >= 15 is 0 Å². The van der Waals surface area contributed by atoms with Crippen LogP contribution in [0.2, 0.25) is 0 Å². The number of aliphatic imine (C=N–C) groups is 1. The molecular weight excluding hydrogens is 354 g/mol. The fraction of sp³-hybridized carbons (Fsp3) is 0.455. The zero-order valence-electron chi connectivity index (χ0n) is 17.2. The van der Waals surface area contributed by atoms with Gasteiger partial charge in [-0.05, 0) is 82.6 Å². The molecule has 0 bridgehead atoms. The van der Waals surface area contributed by atoms with Crippen molar-refractivity contribution in [2.75, 3.05) is 24.5 Å². The normalized spacial score (nSPS) is 21.9. The van der Waals surface area contributed by atoms with Crippen molar-refractivity contribution in [2.24, 2.45) is 4.99 Å². The lowest BCUT2D eigenvalue weighted by molar-refractivity contribution is -0.122. The van der Waals surface area contributed by atoms with Crippen LogP contribution in [0.25, 0.3) is 11.6 Å². The first-order valence-corrected chi connectivity index (χ1v) is 10.5. The second-order valence-electron chi connectivity index (χ2n) is 7.42. The molecule has 144 valence electrons. The molecule has 5 heteroatoms. The van der Waals surface area contributed by atoms with E-state index in [1.54, 1.807) is 4.90 Å². The molecule has 2 aliphatic rings. The minimum atomic E-state index is 0.0101. The van der Waals surface area contributed by atoms with E-state index in [-0.39, 0.29) is 11.4 Å². The number of carbonyl (C=O) groups excluding carboxylic acids is 1. The average Bonchev–Trinajstić information content (AvgIpc) is 2.90. The van der Waals surface area contributed by atoms with E-state index in [0.29, 0.717) is 13.1 Å². The zero-order chi connectivity index (χ0) is 19.8. The molecule has 0 spiro atoms. The third-order valence-electron chi connectivity index (χ3n) is 5.11. The van der Waals surface area contributed by atoms with Crippen LogP contribution in [0.4, 0.5) is 5.69 Å². The van der Waals surface area contributed by atoms with Crippen LogP contribution in [-0.2, 0) is 4.79 Å². The zero-order valence-corrected chi connectivity index (χ0v) is 18.0. The molecule has 4 nitrogen and oxygen atoms in total. The Bertz CT molecular complexity index is 851. The van der Waals surface area contributed by atoms with Gasteiger partial charge in [0.05, 0.1) is 10.4 Å². The molecule has 0 aromatic heterocycles. The number of likely N-dealkylation sites (N-methyl/N-ethyl adjacent to an activating group) is 2. The van der Waals surface area contributed by atoms with Crippen molar-refractivity contribution in [1.82, 2.24) is 4.90 Å². The highest BCUT2D eigenvalue weighted by atomic mass is 32.2. The van der Waals surface area contributed by atoms with Gasteiger partial charge < -0.3 is 4.90 Å². The molecule has 0 atom stereocenters. The van der Waals surface area contributed by atoms with Crippen molar-refractivity contribution in [3.05, 3.63) is 40.3 Å². The molecular formula is C22H29N3OS. The van der Waals surface area contributed by atoms with E-state index in [0.717, 1.165) is 22.2 Å². The molecule has 0 saturated carbocycles. The summed E-state index contributed by atoms with van der Waals surface area (Å²) in [6.45, 7) is 15.1. The number of carbonyl (C=O) groups is 1. The van der Waals surface area contributed by atoms with Crippen LogP contribution >= 0.6 is 11.8 Å². The second-order valence-corrected chi connectivity index (χ2v) is 8.43. The number of allylic oxidation sites excluding steroid dienone is 1. The number of amidine groups is 1. The van der Waals surface area contributed by atoms with Gasteiger partial charge in [0.25, 0.3) is 5.91 Å². The van der Waals surface area contributed by atoms with Gasteiger partial charge in [-0.2, -0.15) is 0 Å². The van der Waals surface area contributed by atoms with Gasteiger partial charge in [-0.1, -0.05) is 12.1 Å². The number of amides is 1. The smallest absolute Gasteiger partial charge is 0.266 e. The predicted molar refractivity (Wildman–Crippen MR) is 118 cm³/mol. The van der Waals surface area contributed by atoms with Gasteiger partial charge in [0.15, 0.2) is 5.17 Å². The van der Waals surface area contributed by atoms with Gasteiger partial charge in [-0.3, -0.25) is 14.7 Å². The van der Waals surface area contributed by atoms with E-state index in [9.17, 15) is 4.79 Å². The molecule has 1 amide bonds. The number of anilines is 1. The third-order valence-corrected chi connectivity index (χ3v) is 6.16. The van der Waals surface area contributed by atoms with Crippen molar-refractivity contribution in [3.8, 4) is 0 Å². The van der Waals surface area contributed by atoms with Crippen LogP contribution in [0.1, 0.15) is 52.7 Å². The number of rotatable bonds is 4. The van der Waals surface area contributed by atoms with Crippen molar-refractivity contribution in [1.29, 1.82) is 0 Å². The second kappa shape index (κ2) is 7.55. The lowest BCUT2D eigenvalue weighted by atomic mass is 9.88. The Hall–Kier alpha value is -2.01. The van der Waals surface area contributed by atoms with Gasteiger partial charge in [-0.15, -0.1) is 0 Å². The average molecular weight is 384 g/mol. The summed E-state index contributed by atoms with van der Waals surface area (Å²) in [5, 5.41) is 0.809. The van der Waals surface area contributed by atoms with Crippen LogP contribution in [0.5, 0.6) is 0 Å². The molecule has 2 heterocycles. The van der Waals surface area contributed by atoms with E-state index in [1.807, 2.05) is 19.9 Å². The molecule has 2 aliphatic heterocycles. The van der Waals surface area contributed by atoms with Crippen LogP contribution in [-0.4, -0.2) is 41.1 Å². The Labute approximate surface area is 167 Å². The molecule has 0 N–H and O–H groups in total. The Morgan fingerprint density at radius 3 is 2.56 bits per heavy atom. The lowest BCUT2D eigenvalue weighted by Crippen LogP contribution is -2.44. The summed E-state index contributed by atoms with van der Waals surface area (Å²) < 4.78 is 0. The Kier molecular flexibility index (Phi) is 5.52. The van der Waals surface area contributed by atoms with Crippen molar-refractivity contribution in [3.63, 3.8) is 0 Å². The van der Waals surface area contributed by atoms with Crippen LogP contribution in [0.15, 0.2) is 34.2 Å². The van der Waals surface area contributed by atoms with E-state index in [2.05, 4.69) is 61.9 Å². The summed E-state index contributed by atoms with van der Waals surface area (Å²) in [4.78, 5) is 22.1.